The van der Waals surface area contributed by atoms with E-state index >= 15 is 4.21 Å². The highest BCUT2D eigenvalue weighted by Gasteiger charge is 2.53. The van der Waals surface area contributed by atoms with Crippen LogP contribution >= 0.6 is 0 Å². The molecule has 0 spiro atoms. The maximum Gasteiger partial charge on any atom is 0.494 e. The first-order valence-corrected chi connectivity index (χ1v) is 17.0. The van der Waals surface area contributed by atoms with Crippen molar-refractivity contribution in [3.8, 4) is 0 Å². The normalized spacial score (nSPS) is 20.0. The quantitative estimate of drug-likeness (QED) is 0.166. The van der Waals surface area contributed by atoms with Crippen molar-refractivity contribution in [2.75, 3.05) is 13.2 Å². The molecule has 0 atom stereocenters. The Morgan fingerprint density at radius 2 is 1.09 bits per heavy atom. The Bertz CT molecular complexity index is 1490. The van der Waals surface area contributed by atoms with Crippen molar-refractivity contribution in [1.29, 1.82) is 0 Å². The SMILES string of the molecule is CC(C)COC(=O)CN=S(=O)(c1cc(B2OC(C)(C)C(C)(C)O2)cc(C(F)F)c1)c1cc(B2OC(C)(C)C(C)(C)O2)cc(C(F)F)c1. The highest BCUT2D eigenvalue weighted by Crippen LogP contribution is 2.39. The number of nitrogens with zero attached hydrogens (tertiary/aromatic N) is 1. The van der Waals surface area contributed by atoms with Gasteiger partial charge in [-0.15, -0.1) is 0 Å². The van der Waals surface area contributed by atoms with Crippen molar-refractivity contribution in [2.45, 2.75) is 114 Å². The average Bonchev–Trinajstić information content (AvgIpc) is 3.33. The molecule has 0 aromatic heterocycles. The Kier molecular flexibility index (Phi) is 10.4. The molecule has 2 fully saturated rings. The lowest BCUT2D eigenvalue weighted by molar-refractivity contribution is -0.142. The number of hydrogen-bond acceptors (Lipinski definition) is 8. The minimum Gasteiger partial charge on any atom is -0.464 e. The van der Waals surface area contributed by atoms with Gasteiger partial charge in [-0.3, -0.25) is 4.79 Å². The summed E-state index contributed by atoms with van der Waals surface area (Å²) in [5.74, 6) is -0.822. The molecule has 2 aromatic rings. The number of ether oxygens (including phenoxy) is 1. The van der Waals surface area contributed by atoms with Gasteiger partial charge in [0.2, 0.25) is 0 Å². The summed E-state index contributed by atoms with van der Waals surface area (Å²) in [7, 11) is -6.32. The van der Waals surface area contributed by atoms with Crippen molar-refractivity contribution in [3.05, 3.63) is 47.5 Å². The zero-order valence-corrected chi connectivity index (χ0v) is 29.3. The average molecular weight is 683 g/mol. The van der Waals surface area contributed by atoms with E-state index in [-0.39, 0.29) is 33.2 Å². The second-order valence-electron chi connectivity index (χ2n) is 14.3. The van der Waals surface area contributed by atoms with Crippen molar-refractivity contribution in [3.63, 3.8) is 0 Å². The van der Waals surface area contributed by atoms with Gasteiger partial charge in [0.05, 0.1) is 38.8 Å². The van der Waals surface area contributed by atoms with Crippen molar-refractivity contribution in [1.82, 2.24) is 0 Å². The minimum absolute atomic E-state index is 0.00121. The third-order valence-corrected chi connectivity index (χ3v) is 11.3. The van der Waals surface area contributed by atoms with Gasteiger partial charge < -0.3 is 23.4 Å². The van der Waals surface area contributed by atoms with Crippen LogP contribution in [0.4, 0.5) is 17.6 Å². The van der Waals surface area contributed by atoms with Crippen LogP contribution in [0.2, 0.25) is 0 Å². The molecule has 0 radical (unpaired) electrons. The smallest absolute Gasteiger partial charge is 0.464 e. The highest BCUT2D eigenvalue weighted by atomic mass is 32.2. The Hall–Kier alpha value is -2.45. The second-order valence-corrected chi connectivity index (χ2v) is 16.6. The van der Waals surface area contributed by atoms with Crippen LogP contribution in [-0.2, 0) is 37.9 Å². The Morgan fingerprint density at radius 1 is 0.723 bits per heavy atom. The first-order valence-electron chi connectivity index (χ1n) is 15.4. The van der Waals surface area contributed by atoms with Gasteiger partial charge in [-0.05, 0) is 96.5 Å². The molecule has 15 heteroatoms. The lowest BCUT2D eigenvalue weighted by Crippen LogP contribution is -2.41. The summed E-state index contributed by atoms with van der Waals surface area (Å²) in [6, 6.07) is 7.02. The van der Waals surface area contributed by atoms with E-state index in [1.54, 1.807) is 55.4 Å². The van der Waals surface area contributed by atoms with E-state index in [1.165, 1.54) is 24.3 Å². The fourth-order valence-corrected chi connectivity index (χ4v) is 6.87. The molecule has 0 aliphatic carbocycles. The number of carbonyl (C=O) groups is 1. The fraction of sp³-hybridized carbons (Fsp3) is 0.594. The number of benzene rings is 2. The van der Waals surface area contributed by atoms with Crippen LogP contribution in [0.25, 0.3) is 0 Å². The Balaban J connectivity index is 1.95. The first-order chi connectivity index (χ1) is 21.5. The van der Waals surface area contributed by atoms with Crippen LogP contribution < -0.4 is 10.9 Å². The summed E-state index contributed by atoms with van der Waals surface area (Å²) < 4.78 is 106. The number of carbonyl (C=O) groups excluding carboxylic acids is 1. The standard InChI is InChI=1S/C32H43B2F4NO7S/c1-19(2)18-42-26(40)17-39-47(41,24-13-20(27(35)36)11-22(15-24)33-43-29(3,4)30(5,6)44-33)25-14-21(28(37)38)12-23(16-25)34-45-31(7,8)32(9,10)46-34/h11-16,19,27-28H,17-18H2,1-10H3. The molecule has 4 rings (SSSR count). The lowest BCUT2D eigenvalue weighted by atomic mass is 9.78. The molecule has 2 aliphatic rings. The van der Waals surface area contributed by atoms with Crippen molar-refractivity contribution >= 4 is 40.9 Å². The molecule has 0 amide bonds. The van der Waals surface area contributed by atoms with Crippen LogP contribution in [0.3, 0.4) is 0 Å². The zero-order chi connectivity index (χ0) is 35.3. The number of halogens is 4. The van der Waals surface area contributed by atoms with E-state index in [0.717, 1.165) is 12.1 Å². The van der Waals surface area contributed by atoms with Crippen LogP contribution in [0.15, 0.2) is 50.6 Å². The van der Waals surface area contributed by atoms with E-state index in [0.29, 0.717) is 0 Å². The van der Waals surface area contributed by atoms with E-state index < -0.39 is 82.9 Å². The molecule has 0 unspecified atom stereocenters. The summed E-state index contributed by atoms with van der Waals surface area (Å²) in [6.45, 7) is 17.3. The summed E-state index contributed by atoms with van der Waals surface area (Å²) in [6.07, 6.45) is -6.02. The second kappa shape index (κ2) is 13.1. The molecule has 2 saturated heterocycles. The molecule has 0 bridgehead atoms. The van der Waals surface area contributed by atoms with E-state index in [9.17, 15) is 22.4 Å². The molecule has 0 saturated carbocycles. The Morgan fingerprint density at radius 3 is 1.40 bits per heavy atom. The summed E-state index contributed by atoms with van der Waals surface area (Å²) >= 11 is 0. The summed E-state index contributed by atoms with van der Waals surface area (Å²) in [5.41, 5.74) is -4.09. The van der Waals surface area contributed by atoms with Crippen LogP contribution in [0, 0.1) is 5.92 Å². The molecule has 8 nitrogen and oxygen atoms in total. The van der Waals surface area contributed by atoms with Crippen LogP contribution in [0.1, 0.15) is 93.2 Å². The molecule has 0 N–H and O–H groups in total. The van der Waals surface area contributed by atoms with Crippen molar-refractivity contribution < 1.29 is 49.9 Å². The monoisotopic (exact) mass is 683 g/mol. The highest BCUT2D eigenvalue weighted by molar-refractivity contribution is 7.93. The van der Waals surface area contributed by atoms with Gasteiger partial charge in [0.25, 0.3) is 12.9 Å². The zero-order valence-electron chi connectivity index (χ0n) is 28.5. The molecule has 47 heavy (non-hydrogen) atoms. The van der Waals surface area contributed by atoms with Crippen LogP contribution in [-0.4, -0.2) is 60.0 Å². The first kappa shape index (κ1) is 37.4. The predicted molar refractivity (Wildman–Crippen MR) is 172 cm³/mol. The molecule has 258 valence electrons. The molecular formula is C32H43B2F4NO7S. The lowest BCUT2D eigenvalue weighted by Gasteiger charge is -2.32. The Labute approximate surface area is 275 Å². The minimum atomic E-state index is -4.08. The third kappa shape index (κ3) is 7.74. The van der Waals surface area contributed by atoms with Gasteiger partial charge in [-0.1, -0.05) is 26.0 Å². The molecular weight excluding hydrogens is 640 g/mol. The largest absolute Gasteiger partial charge is 0.494 e. The summed E-state index contributed by atoms with van der Waals surface area (Å²) in [5, 5.41) is 0. The van der Waals surface area contributed by atoms with Crippen molar-refractivity contribution in [2.24, 2.45) is 10.3 Å². The third-order valence-electron chi connectivity index (χ3n) is 9.05. The number of esters is 1. The summed E-state index contributed by atoms with van der Waals surface area (Å²) in [4.78, 5) is 12.2. The van der Waals surface area contributed by atoms with Gasteiger partial charge in [0, 0.05) is 11.1 Å². The molecule has 2 aliphatic heterocycles. The number of rotatable bonds is 10. The van der Waals surface area contributed by atoms with Crippen LogP contribution in [0.5, 0.6) is 0 Å². The van der Waals surface area contributed by atoms with Gasteiger partial charge in [-0.25, -0.2) is 26.1 Å². The van der Waals surface area contributed by atoms with Gasteiger partial charge in [-0.2, -0.15) is 0 Å². The maximum absolute atomic E-state index is 15.2. The fourth-order valence-electron chi connectivity index (χ4n) is 4.83. The number of alkyl halides is 4. The molecule has 2 heterocycles. The number of hydrogen-bond donors (Lipinski definition) is 0. The van der Waals surface area contributed by atoms with E-state index in [1.807, 2.05) is 13.8 Å². The van der Waals surface area contributed by atoms with Gasteiger partial charge in [0.1, 0.15) is 16.3 Å². The van der Waals surface area contributed by atoms with Gasteiger partial charge >= 0.3 is 20.2 Å². The molecule has 2 aromatic carbocycles. The topological polar surface area (TPSA) is 92.7 Å². The van der Waals surface area contributed by atoms with E-state index in [2.05, 4.69) is 4.36 Å². The van der Waals surface area contributed by atoms with Gasteiger partial charge in [0.15, 0.2) is 0 Å². The van der Waals surface area contributed by atoms with E-state index in [4.69, 9.17) is 23.4 Å². The maximum atomic E-state index is 15.2. The predicted octanol–water partition coefficient (Wildman–Crippen LogP) is 6.25.